The molecule has 1 aliphatic rings. The Morgan fingerprint density at radius 3 is 2.65 bits per heavy atom. The number of phenolic OH excluding ortho intramolecular Hbond substituents is 1. The molecule has 0 radical (unpaired) electrons. The van der Waals surface area contributed by atoms with Crippen LogP contribution in [0.15, 0.2) is 23.0 Å². The number of amides is 1. The SMILES string of the molecule is O=C(c1cc(F)c(O)c(F)c1)N1CCCCCC1c1ncon1. The van der Waals surface area contributed by atoms with Crippen LogP contribution >= 0.6 is 0 Å². The number of rotatable bonds is 2. The fourth-order valence-electron chi connectivity index (χ4n) is 2.80. The molecule has 1 fully saturated rings. The van der Waals surface area contributed by atoms with Gasteiger partial charge in [0.05, 0.1) is 6.04 Å². The minimum Gasteiger partial charge on any atom is -0.503 e. The van der Waals surface area contributed by atoms with Gasteiger partial charge in [0, 0.05) is 12.1 Å². The van der Waals surface area contributed by atoms with Crippen molar-refractivity contribution in [2.24, 2.45) is 0 Å². The highest BCUT2D eigenvalue weighted by atomic mass is 19.1. The standard InChI is InChI=1S/C15H15F2N3O3/c16-10-6-9(7-11(17)13(10)21)15(22)20-5-3-1-2-4-12(20)14-18-8-23-19-14/h6-8,12,21H,1-5H2. The molecule has 122 valence electrons. The minimum absolute atomic E-state index is 0.159. The Balaban J connectivity index is 1.94. The average molecular weight is 323 g/mol. The maximum absolute atomic E-state index is 13.5. The number of benzene rings is 1. The molecule has 1 N–H and O–H groups in total. The topological polar surface area (TPSA) is 79.5 Å². The first kappa shape index (κ1) is 15.4. The van der Waals surface area contributed by atoms with Gasteiger partial charge >= 0.3 is 0 Å². The van der Waals surface area contributed by atoms with E-state index in [-0.39, 0.29) is 5.56 Å². The number of carbonyl (C=O) groups excluding carboxylic acids is 1. The van der Waals surface area contributed by atoms with Gasteiger partial charge in [-0.3, -0.25) is 4.79 Å². The number of likely N-dealkylation sites (tertiary alicyclic amines) is 1. The minimum atomic E-state index is -1.17. The number of halogens is 2. The van der Waals surface area contributed by atoms with Crippen LogP contribution in [0.4, 0.5) is 8.78 Å². The number of phenols is 1. The molecule has 1 aromatic heterocycles. The van der Waals surface area contributed by atoms with E-state index in [9.17, 15) is 13.6 Å². The molecule has 2 heterocycles. The summed E-state index contributed by atoms with van der Waals surface area (Å²) in [5.74, 6) is -3.58. The average Bonchev–Trinajstić information content (AvgIpc) is 2.96. The summed E-state index contributed by atoms with van der Waals surface area (Å²) < 4.78 is 31.8. The second-order valence-electron chi connectivity index (χ2n) is 5.44. The maximum atomic E-state index is 13.5. The van der Waals surface area contributed by atoms with Crippen molar-refractivity contribution in [3.63, 3.8) is 0 Å². The number of hydrogen-bond acceptors (Lipinski definition) is 5. The Morgan fingerprint density at radius 2 is 2.00 bits per heavy atom. The predicted octanol–water partition coefficient (Wildman–Crippen LogP) is 2.81. The predicted molar refractivity (Wildman–Crippen MR) is 74.6 cm³/mol. The maximum Gasteiger partial charge on any atom is 0.254 e. The summed E-state index contributed by atoms with van der Waals surface area (Å²) in [6, 6.07) is 1.27. The van der Waals surface area contributed by atoms with Crippen LogP contribution in [0.2, 0.25) is 0 Å². The van der Waals surface area contributed by atoms with Crippen molar-refractivity contribution in [3.05, 3.63) is 41.5 Å². The fraction of sp³-hybridized carbons (Fsp3) is 0.400. The van der Waals surface area contributed by atoms with E-state index in [0.717, 1.165) is 31.4 Å². The van der Waals surface area contributed by atoms with Gasteiger partial charge in [0.2, 0.25) is 6.39 Å². The third-order valence-electron chi connectivity index (χ3n) is 3.95. The molecule has 1 atom stereocenters. The summed E-state index contributed by atoms with van der Waals surface area (Å²) >= 11 is 0. The molecule has 0 spiro atoms. The van der Waals surface area contributed by atoms with Crippen LogP contribution < -0.4 is 0 Å². The van der Waals surface area contributed by atoms with Crippen LogP contribution in [-0.4, -0.2) is 32.6 Å². The Hall–Kier alpha value is -2.51. The molecule has 3 rings (SSSR count). The van der Waals surface area contributed by atoms with Crippen molar-refractivity contribution in [3.8, 4) is 5.75 Å². The van der Waals surface area contributed by atoms with Crippen LogP contribution in [0.3, 0.4) is 0 Å². The lowest BCUT2D eigenvalue weighted by Crippen LogP contribution is -2.35. The van der Waals surface area contributed by atoms with Gasteiger partial charge in [-0.2, -0.15) is 4.98 Å². The zero-order chi connectivity index (χ0) is 16.4. The Bertz CT molecular complexity index is 683. The monoisotopic (exact) mass is 323 g/mol. The Morgan fingerprint density at radius 1 is 1.26 bits per heavy atom. The molecule has 1 aromatic carbocycles. The zero-order valence-corrected chi connectivity index (χ0v) is 12.2. The van der Waals surface area contributed by atoms with Gasteiger partial charge in [0.1, 0.15) is 0 Å². The highest BCUT2D eigenvalue weighted by Crippen LogP contribution is 2.30. The van der Waals surface area contributed by atoms with Crippen molar-refractivity contribution in [1.29, 1.82) is 0 Å². The molecular weight excluding hydrogens is 308 g/mol. The Labute approximate surface area is 130 Å². The molecule has 0 bridgehead atoms. The Kier molecular flexibility index (Phi) is 4.22. The number of aromatic nitrogens is 2. The van der Waals surface area contributed by atoms with Crippen LogP contribution in [-0.2, 0) is 0 Å². The van der Waals surface area contributed by atoms with E-state index in [1.807, 2.05) is 0 Å². The number of aromatic hydroxyl groups is 1. The lowest BCUT2D eigenvalue weighted by Gasteiger charge is -2.28. The first-order valence-corrected chi connectivity index (χ1v) is 7.33. The summed E-state index contributed by atoms with van der Waals surface area (Å²) in [5, 5.41) is 13.0. The summed E-state index contributed by atoms with van der Waals surface area (Å²) in [6.07, 6.45) is 4.44. The molecule has 1 unspecified atom stereocenters. The highest BCUT2D eigenvalue weighted by Gasteiger charge is 2.31. The summed E-state index contributed by atoms with van der Waals surface area (Å²) in [4.78, 5) is 18.2. The fourth-order valence-corrected chi connectivity index (χ4v) is 2.80. The van der Waals surface area contributed by atoms with E-state index in [4.69, 9.17) is 9.63 Å². The summed E-state index contributed by atoms with van der Waals surface area (Å²) in [7, 11) is 0. The van der Waals surface area contributed by atoms with Gasteiger partial charge < -0.3 is 14.5 Å². The van der Waals surface area contributed by atoms with E-state index in [1.165, 1.54) is 11.3 Å². The molecule has 6 nitrogen and oxygen atoms in total. The molecule has 23 heavy (non-hydrogen) atoms. The van der Waals surface area contributed by atoms with Gasteiger partial charge in [-0.1, -0.05) is 18.0 Å². The first-order valence-electron chi connectivity index (χ1n) is 7.33. The second-order valence-corrected chi connectivity index (χ2v) is 5.44. The molecule has 1 aliphatic heterocycles. The molecule has 0 aliphatic carbocycles. The molecular formula is C15H15F2N3O3. The van der Waals surface area contributed by atoms with Gasteiger partial charge in [-0.15, -0.1) is 0 Å². The van der Waals surface area contributed by atoms with E-state index in [1.54, 1.807) is 0 Å². The normalized spacial score (nSPS) is 18.7. The van der Waals surface area contributed by atoms with Gasteiger partial charge in [0.25, 0.3) is 5.91 Å². The van der Waals surface area contributed by atoms with E-state index in [2.05, 4.69) is 10.1 Å². The van der Waals surface area contributed by atoms with Crippen LogP contribution in [0, 0.1) is 11.6 Å². The zero-order valence-electron chi connectivity index (χ0n) is 12.2. The second kappa shape index (κ2) is 6.31. The molecule has 1 saturated heterocycles. The molecule has 2 aromatic rings. The number of carbonyl (C=O) groups is 1. The van der Waals surface area contributed by atoms with Gasteiger partial charge in [0.15, 0.2) is 23.2 Å². The quantitative estimate of drug-likeness (QED) is 0.919. The summed E-state index contributed by atoms with van der Waals surface area (Å²) in [6.45, 7) is 0.433. The highest BCUT2D eigenvalue weighted by molar-refractivity contribution is 5.94. The number of nitrogens with zero attached hydrogens (tertiary/aromatic N) is 3. The number of hydrogen-bond donors (Lipinski definition) is 1. The molecule has 1 amide bonds. The van der Waals surface area contributed by atoms with Crippen molar-refractivity contribution < 1.29 is 23.2 Å². The first-order chi connectivity index (χ1) is 11.1. The third kappa shape index (κ3) is 3.01. The smallest absolute Gasteiger partial charge is 0.254 e. The van der Waals surface area contributed by atoms with E-state index in [0.29, 0.717) is 18.8 Å². The largest absolute Gasteiger partial charge is 0.503 e. The molecule has 8 heteroatoms. The van der Waals surface area contributed by atoms with Crippen molar-refractivity contribution >= 4 is 5.91 Å². The van der Waals surface area contributed by atoms with E-state index < -0.39 is 29.3 Å². The van der Waals surface area contributed by atoms with Gasteiger partial charge in [-0.05, 0) is 25.0 Å². The van der Waals surface area contributed by atoms with Crippen molar-refractivity contribution in [2.75, 3.05) is 6.54 Å². The lowest BCUT2D eigenvalue weighted by atomic mass is 10.1. The van der Waals surface area contributed by atoms with Gasteiger partial charge in [-0.25, -0.2) is 8.78 Å². The van der Waals surface area contributed by atoms with Crippen molar-refractivity contribution in [2.45, 2.75) is 31.7 Å². The summed E-state index contributed by atoms with van der Waals surface area (Å²) in [5.41, 5.74) is -0.159. The van der Waals surface area contributed by atoms with Crippen LogP contribution in [0.25, 0.3) is 0 Å². The lowest BCUT2D eigenvalue weighted by molar-refractivity contribution is 0.0669. The molecule has 0 saturated carbocycles. The third-order valence-corrected chi connectivity index (χ3v) is 3.95. The van der Waals surface area contributed by atoms with Crippen molar-refractivity contribution in [1.82, 2.24) is 15.0 Å². The van der Waals surface area contributed by atoms with E-state index >= 15 is 0 Å². The van der Waals surface area contributed by atoms with Crippen LogP contribution in [0.1, 0.15) is 47.9 Å². The van der Waals surface area contributed by atoms with Crippen LogP contribution in [0.5, 0.6) is 5.75 Å².